The van der Waals surface area contributed by atoms with Crippen LogP contribution in [-0.4, -0.2) is 0 Å². The highest BCUT2D eigenvalue weighted by molar-refractivity contribution is 9.10. The van der Waals surface area contributed by atoms with Gasteiger partial charge in [-0.1, -0.05) is 70.5 Å². The minimum Gasteiger partial charge on any atom is -0.456 e. The molecule has 24 heavy (non-hydrogen) atoms. The van der Waals surface area contributed by atoms with Crippen molar-refractivity contribution >= 4 is 48.4 Å². The van der Waals surface area contributed by atoms with Crippen LogP contribution in [0.15, 0.2) is 87.8 Å². The summed E-state index contributed by atoms with van der Waals surface area (Å²) in [5, 5.41) is 6.13. The molecule has 114 valence electrons. The van der Waals surface area contributed by atoms with Gasteiger partial charge in [0.2, 0.25) is 0 Å². The van der Waals surface area contributed by atoms with E-state index in [0.29, 0.717) is 0 Å². The van der Waals surface area contributed by atoms with E-state index in [4.69, 9.17) is 4.42 Å². The Kier molecular flexibility index (Phi) is 3.00. The van der Waals surface area contributed by atoms with Crippen molar-refractivity contribution in [3.8, 4) is 11.3 Å². The van der Waals surface area contributed by atoms with Crippen LogP contribution < -0.4 is 0 Å². The first-order valence-electron chi connectivity index (χ1n) is 7.89. The van der Waals surface area contributed by atoms with E-state index in [1.807, 2.05) is 18.2 Å². The second-order valence-corrected chi connectivity index (χ2v) is 6.84. The van der Waals surface area contributed by atoms with Crippen LogP contribution in [-0.2, 0) is 0 Å². The third-order valence-corrected chi connectivity index (χ3v) is 5.23. The lowest BCUT2D eigenvalue weighted by atomic mass is 9.99. The quantitative estimate of drug-likeness (QED) is 0.284. The fourth-order valence-corrected chi connectivity index (χ4v) is 3.79. The molecule has 0 saturated heterocycles. The number of hydrogen-bond donors (Lipinski definition) is 0. The number of benzene rings is 4. The Morgan fingerprint density at radius 3 is 2.29 bits per heavy atom. The van der Waals surface area contributed by atoms with Gasteiger partial charge in [-0.2, -0.15) is 0 Å². The predicted octanol–water partition coefficient (Wildman–Crippen LogP) is 7.17. The maximum absolute atomic E-state index is 6.07. The van der Waals surface area contributed by atoms with Gasteiger partial charge in [-0.25, -0.2) is 0 Å². The van der Waals surface area contributed by atoms with Gasteiger partial charge in [0.15, 0.2) is 0 Å². The summed E-state index contributed by atoms with van der Waals surface area (Å²) in [6.07, 6.45) is 0. The lowest BCUT2D eigenvalue weighted by Crippen LogP contribution is -1.79. The second-order valence-electron chi connectivity index (χ2n) is 5.98. The summed E-state index contributed by atoms with van der Waals surface area (Å²) in [5.41, 5.74) is 2.00. The average molecular weight is 373 g/mol. The van der Waals surface area contributed by atoms with Crippen molar-refractivity contribution in [3.63, 3.8) is 0 Å². The molecule has 0 atom stereocenters. The summed E-state index contributed by atoms with van der Waals surface area (Å²) in [7, 11) is 0. The molecule has 5 rings (SSSR count). The first-order chi connectivity index (χ1) is 11.8. The van der Waals surface area contributed by atoms with Gasteiger partial charge in [-0.05, 0) is 45.8 Å². The molecule has 0 bridgehead atoms. The molecule has 0 aliphatic carbocycles. The number of hydrogen-bond acceptors (Lipinski definition) is 1. The third-order valence-electron chi connectivity index (χ3n) is 4.54. The Hall–Kier alpha value is -2.58. The molecule has 4 aromatic carbocycles. The van der Waals surface area contributed by atoms with Crippen molar-refractivity contribution < 1.29 is 4.42 Å². The fourth-order valence-electron chi connectivity index (χ4n) is 3.32. The smallest absolute Gasteiger partial charge is 0.135 e. The monoisotopic (exact) mass is 372 g/mol. The lowest BCUT2D eigenvalue weighted by molar-refractivity contribution is 0.631. The van der Waals surface area contributed by atoms with Crippen molar-refractivity contribution in [1.29, 1.82) is 0 Å². The normalized spacial score (nSPS) is 11.5. The molecule has 1 nitrogen and oxygen atoms in total. The molecule has 0 saturated carbocycles. The van der Waals surface area contributed by atoms with Crippen molar-refractivity contribution in [1.82, 2.24) is 0 Å². The first-order valence-corrected chi connectivity index (χ1v) is 8.69. The zero-order valence-corrected chi connectivity index (χ0v) is 14.4. The van der Waals surface area contributed by atoms with Gasteiger partial charge in [0.05, 0.1) is 0 Å². The Labute approximate surface area is 147 Å². The number of fused-ring (bicyclic) bond motifs is 4. The zero-order chi connectivity index (χ0) is 16.1. The molecule has 0 radical (unpaired) electrons. The summed E-state index contributed by atoms with van der Waals surface area (Å²) < 4.78 is 7.12. The Balaban J connectivity index is 1.79. The highest BCUT2D eigenvalue weighted by Crippen LogP contribution is 2.34. The Bertz CT molecular complexity index is 1220. The molecule has 5 aromatic rings. The lowest BCUT2D eigenvalue weighted by Gasteiger charge is -2.05. The fraction of sp³-hybridized carbons (Fsp3) is 0. The summed E-state index contributed by atoms with van der Waals surface area (Å²) in [6.45, 7) is 0. The van der Waals surface area contributed by atoms with E-state index in [9.17, 15) is 0 Å². The van der Waals surface area contributed by atoms with Gasteiger partial charge in [-0.3, -0.25) is 0 Å². The van der Waals surface area contributed by atoms with Crippen molar-refractivity contribution in [2.75, 3.05) is 0 Å². The van der Waals surface area contributed by atoms with Gasteiger partial charge in [0.1, 0.15) is 11.3 Å². The summed E-state index contributed by atoms with van der Waals surface area (Å²) in [6, 6.07) is 27.5. The van der Waals surface area contributed by atoms with Crippen LogP contribution in [0, 0.1) is 0 Å². The number of furan rings is 1. The number of rotatable bonds is 1. The standard InChI is InChI=1S/C22H13BrO/c23-20-6-3-7-21-19(20)13-22(24-21)16-11-10-15-9-8-14-4-1-2-5-17(14)18(15)12-16/h1-13H. The van der Waals surface area contributed by atoms with E-state index in [1.165, 1.54) is 21.5 Å². The Morgan fingerprint density at radius 1 is 0.625 bits per heavy atom. The summed E-state index contributed by atoms with van der Waals surface area (Å²) in [5.74, 6) is 0.895. The molecular formula is C22H13BrO. The van der Waals surface area contributed by atoms with Crippen LogP contribution in [0.4, 0.5) is 0 Å². The first kappa shape index (κ1) is 13.8. The van der Waals surface area contributed by atoms with Crippen molar-refractivity contribution in [3.05, 3.63) is 83.3 Å². The third kappa shape index (κ3) is 2.07. The van der Waals surface area contributed by atoms with Crippen molar-refractivity contribution in [2.45, 2.75) is 0 Å². The minimum absolute atomic E-state index is 0.895. The molecule has 0 spiro atoms. The molecule has 2 heteroatoms. The van der Waals surface area contributed by atoms with E-state index >= 15 is 0 Å². The topological polar surface area (TPSA) is 13.1 Å². The van der Waals surface area contributed by atoms with E-state index in [1.54, 1.807) is 0 Å². The van der Waals surface area contributed by atoms with Crippen LogP contribution in [0.25, 0.3) is 43.8 Å². The maximum atomic E-state index is 6.07. The highest BCUT2D eigenvalue weighted by Gasteiger charge is 2.10. The maximum Gasteiger partial charge on any atom is 0.135 e. The summed E-state index contributed by atoms with van der Waals surface area (Å²) in [4.78, 5) is 0. The average Bonchev–Trinajstić information content (AvgIpc) is 3.07. The van der Waals surface area contributed by atoms with E-state index in [0.717, 1.165) is 26.8 Å². The largest absolute Gasteiger partial charge is 0.456 e. The van der Waals surface area contributed by atoms with Gasteiger partial charge in [0, 0.05) is 15.4 Å². The molecule has 0 aliphatic heterocycles. The predicted molar refractivity (Wildman–Crippen MR) is 104 cm³/mol. The molecule has 0 fully saturated rings. The molecule has 0 N–H and O–H groups in total. The Morgan fingerprint density at radius 2 is 1.42 bits per heavy atom. The summed E-state index contributed by atoms with van der Waals surface area (Å²) >= 11 is 3.60. The molecule has 1 heterocycles. The van der Waals surface area contributed by atoms with Gasteiger partial charge >= 0.3 is 0 Å². The van der Waals surface area contributed by atoms with Gasteiger partial charge in [0.25, 0.3) is 0 Å². The molecular weight excluding hydrogens is 360 g/mol. The van der Waals surface area contributed by atoms with Crippen LogP contribution in [0.5, 0.6) is 0 Å². The van der Waals surface area contributed by atoms with Crippen LogP contribution in [0.2, 0.25) is 0 Å². The van der Waals surface area contributed by atoms with Crippen LogP contribution >= 0.6 is 15.9 Å². The molecule has 0 amide bonds. The van der Waals surface area contributed by atoms with E-state index < -0.39 is 0 Å². The second kappa shape index (κ2) is 5.22. The van der Waals surface area contributed by atoms with Gasteiger partial charge in [-0.15, -0.1) is 0 Å². The minimum atomic E-state index is 0.895. The van der Waals surface area contributed by atoms with Gasteiger partial charge < -0.3 is 4.42 Å². The van der Waals surface area contributed by atoms with E-state index in [2.05, 4.69) is 76.6 Å². The van der Waals surface area contributed by atoms with Crippen LogP contribution in [0.3, 0.4) is 0 Å². The van der Waals surface area contributed by atoms with Crippen LogP contribution in [0.1, 0.15) is 0 Å². The zero-order valence-electron chi connectivity index (χ0n) is 12.8. The van der Waals surface area contributed by atoms with E-state index in [-0.39, 0.29) is 0 Å². The molecule has 0 aliphatic rings. The molecule has 1 aromatic heterocycles. The number of halogens is 1. The highest BCUT2D eigenvalue weighted by atomic mass is 79.9. The molecule has 0 unspecified atom stereocenters. The van der Waals surface area contributed by atoms with Crippen molar-refractivity contribution in [2.24, 2.45) is 0 Å². The SMILES string of the molecule is Brc1cccc2oc(-c3ccc4ccc5ccccc5c4c3)cc12.